The summed E-state index contributed by atoms with van der Waals surface area (Å²) in [6.07, 6.45) is 10.9. The number of hydrogen-bond donors (Lipinski definition) is 3. The minimum Gasteiger partial charge on any atom is -0.495 e. The lowest BCUT2D eigenvalue weighted by molar-refractivity contribution is -0.432. The average molecular weight is 1080 g/mol. The standard InChI is InChI=1S/C50H63BN6O14S3/c1-3-11-67-49(58)31-13-32(50(59)68-12-4-2)15-33(14-31)69-51-56-45-39-20-26-6-9-36(74(64,65)66)18-30(26)24-42(39)48(56)55-47-40-21-27-7-10-35(73(61,62)63)17-29(27)23-41(40)46(57(47)51)54-44-38-22-28-16-34(72-71-70-60)8-5-25(28)19-37(38)43(52-44)53-45/h13-15,25-30,34-42H,3-12,16-24H2,1-2H3,(H-2,60,61,62,63,64,65,66)/p+2. The molecule has 11 aliphatic rings. The average Bonchev–Trinajstić information content (AvgIpc) is 4.01. The first-order valence-electron chi connectivity index (χ1n) is 27.0. The predicted octanol–water partition coefficient (Wildman–Crippen LogP) is 6.95. The van der Waals surface area contributed by atoms with Crippen LogP contribution in [0.2, 0.25) is 0 Å². The number of nitrogens with zero attached hydrogens (tertiary/aromatic N) is 6. The Hall–Kier alpha value is -3.91. The second kappa shape index (κ2) is 19.8. The van der Waals surface area contributed by atoms with E-state index in [4.69, 9.17) is 43.7 Å². The third kappa shape index (κ3) is 9.14. The van der Waals surface area contributed by atoms with Crippen molar-refractivity contribution in [3.63, 3.8) is 0 Å². The molecule has 24 heteroatoms. The Bertz CT molecular complexity index is 2890. The van der Waals surface area contributed by atoms with Crippen LogP contribution in [-0.2, 0) is 39.1 Å². The number of amidine groups is 6. The zero-order valence-electron chi connectivity index (χ0n) is 41.6. The van der Waals surface area contributed by atoms with Crippen LogP contribution >= 0.6 is 12.0 Å². The van der Waals surface area contributed by atoms with Crippen LogP contribution in [0.15, 0.2) is 38.2 Å². The Kier molecular flexibility index (Phi) is 13.6. The molecule has 3 N–H and O–H groups in total. The van der Waals surface area contributed by atoms with Crippen molar-refractivity contribution in [1.82, 2.24) is 0 Å². The van der Waals surface area contributed by atoms with E-state index in [9.17, 15) is 35.5 Å². The lowest BCUT2D eigenvalue weighted by Gasteiger charge is -2.42. The van der Waals surface area contributed by atoms with Crippen LogP contribution in [0.1, 0.15) is 144 Å². The number of carbonyl (C=O) groups excluding carboxylic acids is 2. The molecule has 0 saturated heterocycles. The third-order valence-electron chi connectivity index (χ3n) is 18.9. The maximum absolute atomic E-state index is 13.7. The summed E-state index contributed by atoms with van der Waals surface area (Å²) in [5.74, 6) is 3.43. The van der Waals surface area contributed by atoms with Gasteiger partial charge in [0, 0.05) is 29.1 Å². The molecule has 20 nitrogen and oxygen atoms in total. The summed E-state index contributed by atoms with van der Waals surface area (Å²) < 4.78 is 99.0. The fraction of sp³-hybridized carbons (Fsp3) is 0.720. The van der Waals surface area contributed by atoms with Gasteiger partial charge in [-0.2, -0.15) is 21.8 Å². The van der Waals surface area contributed by atoms with E-state index in [0.29, 0.717) is 106 Å². The van der Waals surface area contributed by atoms with Crippen LogP contribution < -0.4 is 4.65 Å². The molecule has 5 heterocycles. The van der Waals surface area contributed by atoms with Gasteiger partial charge in [-0.15, -0.1) is 4.33 Å². The molecular formula is C50H65BN6O14S3+2. The van der Waals surface area contributed by atoms with Crippen molar-refractivity contribution < 1.29 is 73.3 Å². The van der Waals surface area contributed by atoms with Crippen molar-refractivity contribution >= 4 is 86.4 Å². The molecule has 1 aromatic carbocycles. The Labute approximate surface area is 435 Å². The summed E-state index contributed by atoms with van der Waals surface area (Å²) in [7, 11) is -9.56. The Balaban J connectivity index is 1.03. The van der Waals surface area contributed by atoms with E-state index in [-0.39, 0.29) is 94.5 Å². The fourth-order valence-corrected chi connectivity index (χ4v) is 18.2. The highest BCUT2D eigenvalue weighted by Crippen LogP contribution is 2.55. The van der Waals surface area contributed by atoms with Gasteiger partial charge in [-0.05, 0) is 163 Å². The first-order valence-corrected chi connectivity index (χ1v) is 30.8. The van der Waals surface area contributed by atoms with Crippen molar-refractivity contribution in [3.05, 3.63) is 29.3 Å². The number of ether oxygens (including phenoxy) is 2. The van der Waals surface area contributed by atoms with Crippen LogP contribution in [0.3, 0.4) is 0 Å². The highest BCUT2D eigenvalue weighted by Gasteiger charge is 2.67. The van der Waals surface area contributed by atoms with Crippen molar-refractivity contribution in [2.45, 2.75) is 139 Å². The molecule has 6 saturated carbocycles. The molecule has 4 bridgehead atoms. The quantitative estimate of drug-likeness (QED) is 0.0451. The van der Waals surface area contributed by atoms with Crippen molar-refractivity contribution in [2.75, 3.05) is 13.2 Å². The summed E-state index contributed by atoms with van der Waals surface area (Å²) in [4.78, 5) is 50.0. The zero-order chi connectivity index (χ0) is 51.4. The molecule has 0 aromatic heterocycles. The predicted molar refractivity (Wildman–Crippen MR) is 272 cm³/mol. The van der Waals surface area contributed by atoms with Crippen LogP contribution in [0.4, 0.5) is 0 Å². The van der Waals surface area contributed by atoms with Crippen molar-refractivity contribution in [3.8, 4) is 5.75 Å². The Morgan fingerprint density at radius 1 is 0.595 bits per heavy atom. The van der Waals surface area contributed by atoms with Crippen molar-refractivity contribution in [2.24, 2.45) is 91.0 Å². The van der Waals surface area contributed by atoms with Crippen LogP contribution in [0, 0.1) is 71.0 Å². The summed E-state index contributed by atoms with van der Waals surface area (Å²) in [6, 6.07) is 4.63. The van der Waals surface area contributed by atoms with E-state index in [2.05, 4.69) is 14.0 Å². The summed E-state index contributed by atoms with van der Waals surface area (Å²) in [6.45, 7) is 4.14. The molecule has 0 spiro atoms. The largest absolute Gasteiger partial charge is 0.800 e. The second-order valence-corrected chi connectivity index (χ2v) is 27.4. The summed E-state index contributed by atoms with van der Waals surface area (Å²) in [5, 5.41) is 11.4. The SMILES string of the molecule is CCCOC(=O)c1cc(OB2[N+]3=C4N=C5N=C(N=C6C7CC8CC(S(=O)(=O)O)CCC8CC7C(=[N+]26)N=C3C2CC3CC(S(=O)(=O)O)CCC3CC42)C2CC3CC(SOOO)CCC3CC52)cc(C(=O)OCCC)c1. The highest BCUT2D eigenvalue weighted by atomic mass is 32.2. The van der Waals surface area contributed by atoms with Gasteiger partial charge in [-0.25, -0.2) is 23.8 Å². The minimum atomic E-state index is -4.27. The molecule has 398 valence electrons. The molecular weight excluding hydrogens is 1020 g/mol. The van der Waals surface area contributed by atoms with Gasteiger partial charge < -0.3 is 14.1 Å². The van der Waals surface area contributed by atoms with E-state index in [1.807, 2.05) is 13.8 Å². The van der Waals surface area contributed by atoms with E-state index >= 15 is 0 Å². The van der Waals surface area contributed by atoms with Gasteiger partial charge in [0.05, 0.1) is 58.5 Å². The Morgan fingerprint density at radius 3 is 1.61 bits per heavy atom. The highest BCUT2D eigenvalue weighted by molar-refractivity contribution is 7.95. The lowest BCUT2D eigenvalue weighted by Crippen LogP contribution is -2.56. The fourth-order valence-electron chi connectivity index (χ4n) is 15.6. The molecule has 12 rings (SSSR count). The first kappa shape index (κ1) is 50.9. The molecule has 74 heavy (non-hydrogen) atoms. The lowest BCUT2D eigenvalue weighted by atomic mass is 9.63. The van der Waals surface area contributed by atoms with Gasteiger partial charge in [0.2, 0.25) is 35.0 Å². The number of fused-ring (bicyclic) bond motifs is 13. The number of aliphatic imine (C=N–C) groups is 4. The number of hydrogen-bond acceptors (Lipinski definition) is 17. The van der Waals surface area contributed by atoms with Gasteiger partial charge in [0.25, 0.3) is 20.2 Å². The maximum atomic E-state index is 13.7. The normalized spacial score (nSPS) is 36.7. The number of carbonyl (C=O) groups is 2. The Morgan fingerprint density at radius 2 is 1.07 bits per heavy atom. The van der Waals surface area contributed by atoms with Crippen LogP contribution in [0.5, 0.6) is 5.75 Å². The second-order valence-electron chi connectivity index (χ2n) is 23.0. The number of rotatable bonds is 13. The molecule has 1 aromatic rings. The molecule has 0 amide bonds. The number of benzene rings is 1. The topological polar surface area (TPSA) is 265 Å². The molecule has 15 unspecified atom stereocenters. The van der Waals surface area contributed by atoms with Gasteiger partial charge in [0.15, 0.2) is 0 Å². The summed E-state index contributed by atoms with van der Waals surface area (Å²) in [5.41, 5.74) is 0.226. The number of esters is 2. The first-order chi connectivity index (χ1) is 35.6. The van der Waals surface area contributed by atoms with Gasteiger partial charge in [-0.3, -0.25) is 9.11 Å². The molecule has 15 atom stereocenters. The van der Waals surface area contributed by atoms with E-state index in [1.54, 1.807) is 12.1 Å². The molecule has 5 aliphatic heterocycles. The van der Waals surface area contributed by atoms with E-state index in [0.717, 1.165) is 61.7 Å². The maximum Gasteiger partial charge on any atom is 0.800 e. The van der Waals surface area contributed by atoms with E-state index < -0.39 is 49.9 Å². The molecule has 0 radical (unpaired) electrons. The molecule has 6 fully saturated rings. The summed E-state index contributed by atoms with van der Waals surface area (Å²) >= 11 is 1.15. The van der Waals surface area contributed by atoms with Crippen molar-refractivity contribution in [1.29, 1.82) is 0 Å². The van der Waals surface area contributed by atoms with Gasteiger partial charge in [-0.1, -0.05) is 33.9 Å². The third-order valence-corrected chi connectivity index (χ3v) is 22.3. The van der Waals surface area contributed by atoms with Crippen LogP contribution in [0.25, 0.3) is 0 Å². The smallest absolute Gasteiger partial charge is 0.495 e. The van der Waals surface area contributed by atoms with E-state index in [1.165, 1.54) is 6.07 Å². The van der Waals surface area contributed by atoms with Gasteiger partial charge in [0.1, 0.15) is 5.75 Å². The van der Waals surface area contributed by atoms with Crippen LogP contribution in [-0.4, -0.2) is 123 Å². The molecule has 6 aliphatic carbocycles. The van der Waals surface area contributed by atoms with Gasteiger partial charge >= 0.3 is 19.1 Å². The monoisotopic (exact) mass is 1080 g/mol. The minimum absolute atomic E-state index is 0.00524. The zero-order valence-corrected chi connectivity index (χ0v) is 44.1.